The minimum atomic E-state index is -0.446. The Morgan fingerprint density at radius 1 is 0.914 bits per heavy atom. The number of non-ortho nitro benzene ring substituents is 1. The lowest BCUT2D eigenvalue weighted by molar-refractivity contribution is -0.384. The summed E-state index contributed by atoms with van der Waals surface area (Å²) in [6, 6.07) is 27.6. The molecule has 0 aliphatic rings. The van der Waals surface area contributed by atoms with E-state index in [1.807, 2.05) is 72.9 Å². The van der Waals surface area contributed by atoms with Crippen LogP contribution in [0.2, 0.25) is 5.02 Å². The van der Waals surface area contributed by atoms with Crippen LogP contribution in [0.15, 0.2) is 103 Å². The van der Waals surface area contributed by atoms with Gasteiger partial charge in [0.15, 0.2) is 0 Å². The molecule has 0 aliphatic heterocycles. The third-order valence-electron chi connectivity index (χ3n) is 5.63. The van der Waals surface area contributed by atoms with Gasteiger partial charge in [-0.2, -0.15) is 0 Å². The topological polar surface area (TPSA) is 68.4 Å². The molecule has 0 N–H and O–H groups in total. The number of carbonyl (C=O) groups is 1. The van der Waals surface area contributed by atoms with Crippen molar-refractivity contribution in [3.63, 3.8) is 0 Å². The lowest BCUT2D eigenvalue weighted by Crippen LogP contribution is -2.29. The van der Waals surface area contributed by atoms with E-state index in [1.165, 1.54) is 18.2 Å². The smallest absolute Gasteiger partial charge is 0.269 e. The van der Waals surface area contributed by atoms with E-state index < -0.39 is 4.92 Å². The number of aromatic nitrogens is 1. The number of amides is 1. The fraction of sp³-hybridized carbons (Fsp3) is 0.107. The van der Waals surface area contributed by atoms with Crippen molar-refractivity contribution in [1.29, 1.82) is 0 Å². The van der Waals surface area contributed by atoms with E-state index in [0.717, 1.165) is 16.8 Å². The van der Waals surface area contributed by atoms with Crippen molar-refractivity contribution < 1.29 is 9.72 Å². The Labute approximate surface area is 208 Å². The molecule has 0 aliphatic carbocycles. The molecule has 0 saturated heterocycles. The molecule has 1 heterocycles. The first kappa shape index (κ1) is 24.0. The average Bonchev–Trinajstić information content (AvgIpc) is 3.31. The molecule has 0 bridgehead atoms. The molecule has 7 heteroatoms. The highest BCUT2D eigenvalue weighted by Gasteiger charge is 2.15. The van der Waals surface area contributed by atoms with Gasteiger partial charge in [0.25, 0.3) is 5.69 Å². The normalized spacial score (nSPS) is 11.0. The first-order chi connectivity index (χ1) is 17.0. The Balaban J connectivity index is 1.54. The highest BCUT2D eigenvalue weighted by molar-refractivity contribution is 6.31. The van der Waals surface area contributed by atoms with Gasteiger partial charge in [-0.05, 0) is 53.1 Å². The number of hydrogen-bond donors (Lipinski definition) is 0. The predicted molar refractivity (Wildman–Crippen MR) is 138 cm³/mol. The summed E-state index contributed by atoms with van der Waals surface area (Å²) >= 11 is 6.36. The maximum Gasteiger partial charge on any atom is 0.269 e. The third kappa shape index (κ3) is 6.46. The molecule has 1 aromatic heterocycles. The van der Waals surface area contributed by atoms with Gasteiger partial charge in [-0.1, -0.05) is 60.1 Å². The zero-order valence-electron chi connectivity index (χ0n) is 19.0. The van der Waals surface area contributed by atoms with Crippen molar-refractivity contribution in [2.24, 2.45) is 0 Å². The van der Waals surface area contributed by atoms with Crippen LogP contribution < -0.4 is 0 Å². The number of nitro benzene ring substituents is 1. The van der Waals surface area contributed by atoms with E-state index in [0.29, 0.717) is 30.2 Å². The number of nitrogens with zero attached hydrogens (tertiary/aromatic N) is 3. The summed E-state index contributed by atoms with van der Waals surface area (Å²) in [6.45, 7) is 1.46. The van der Waals surface area contributed by atoms with Crippen LogP contribution in [0.4, 0.5) is 5.69 Å². The van der Waals surface area contributed by atoms with Crippen molar-refractivity contribution in [3.8, 4) is 0 Å². The van der Waals surface area contributed by atoms with E-state index in [9.17, 15) is 14.9 Å². The summed E-state index contributed by atoms with van der Waals surface area (Å²) in [5.74, 6) is -0.155. The third-order valence-corrected chi connectivity index (χ3v) is 5.99. The molecule has 0 radical (unpaired) electrons. The molecule has 35 heavy (non-hydrogen) atoms. The van der Waals surface area contributed by atoms with Crippen LogP contribution in [0.1, 0.15) is 22.4 Å². The van der Waals surface area contributed by atoms with Gasteiger partial charge in [-0.15, -0.1) is 0 Å². The number of carbonyl (C=O) groups excluding carboxylic acids is 1. The average molecular weight is 486 g/mol. The van der Waals surface area contributed by atoms with Crippen molar-refractivity contribution in [2.75, 3.05) is 0 Å². The van der Waals surface area contributed by atoms with Gasteiger partial charge < -0.3 is 9.47 Å². The number of nitro groups is 1. The first-order valence-corrected chi connectivity index (χ1v) is 11.5. The minimum absolute atomic E-state index is 0.0125. The molecular weight excluding hydrogens is 462 g/mol. The Morgan fingerprint density at radius 2 is 1.63 bits per heavy atom. The van der Waals surface area contributed by atoms with Gasteiger partial charge >= 0.3 is 0 Å². The van der Waals surface area contributed by atoms with E-state index in [2.05, 4.69) is 4.57 Å². The van der Waals surface area contributed by atoms with E-state index >= 15 is 0 Å². The molecule has 4 aromatic rings. The second kappa shape index (κ2) is 11.3. The van der Waals surface area contributed by atoms with Gasteiger partial charge in [0.1, 0.15) is 0 Å². The predicted octanol–water partition coefficient (Wildman–Crippen LogP) is 6.34. The maximum atomic E-state index is 13.2. The van der Waals surface area contributed by atoms with Gasteiger partial charge in [0.2, 0.25) is 5.91 Å². The van der Waals surface area contributed by atoms with Crippen LogP contribution in [0.5, 0.6) is 0 Å². The summed E-state index contributed by atoms with van der Waals surface area (Å²) in [5, 5.41) is 11.6. The molecule has 0 saturated carbocycles. The quantitative estimate of drug-likeness (QED) is 0.158. The van der Waals surface area contributed by atoms with Crippen LogP contribution in [-0.4, -0.2) is 20.3 Å². The van der Waals surface area contributed by atoms with Gasteiger partial charge in [0, 0.05) is 48.2 Å². The fourth-order valence-corrected chi connectivity index (χ4v) is 3.94. The zero-order valence-corrected chi connectivity index (χ0v) is 19.7. The van der Waals surface area contributed by atoms with Gasteiger partial charge in [0.05, 0.1) is 11.5 Å². The Hall–Kier alpha value is -4.16. The van der Waals surface area contributed by atoms with Crippen LogP contribution in [-0.2, 0) is 24.4 Å². The van der Waals surface area contributed by atoms with E-state index in [1.54, 1.807) is 23.1 Å². The molecule has 6 nitrogen and oxygen atoms in total. The molecule has 3 aromatic carbocycles. The Bertz CT molecular complexity index is 1330. The lowest BCUT2D eigenvalue weighted by Gasteiger charge is -2.23. The molecule has 176 valence electrons. The largest absolute Gasteiger partial charge is 0.345 e. The monoisotopic (exact) mass is 485 g/mol. The highest BCUT2D eigenvalue weighted by atomic mass is 35.5. The second-order valence-corrected chi connectivity index (χ2v) is 8.49. The number of halogens is 1. The van der Waals surface area contributed by atoms with Crippen LogP contribution in [0.25, 0.3) is 6.08 Å². The van der Waals surface area contributed by atoms with Crippen molar-refractivity contribution in [2.45, 2.75) is 19.6 Å². The molecule has 0 atom stereocenters. The summed E-state index contributed by atoms with van der Waals surface area (Å²) in [7, 11) is 0. The molecule has 0 unspecified atom stereocenters. The highest BCUT2D eigenvalue weighted by Crippen LogP contribution is 2.19. The fourth-order valence-electron chi connectivity index (χ4n) is 3.75. The SMILES string of the molecule is O=C(C=Cc1ccc([N+](=O)[O-])cc1)N(Cc1ccccc1)Cc1cccn1Cc1ccccc1Cl. The standard InChI is InChI=1S/C28H24ClN3O3/c29-27-11-5-4-9-24(27)20-30-18-6-10-26(30)21-31(19-23-7-2-1-3-8-23)28(33)17-14-22-12-15-25(16-13-22)32(34)35/h1-18H,19-21H2. The van der Waals surface area contributed by atoms with Crippen LogP contribution in [0.3, 0.4) is 0 Å². The van der Waals surface area contributed by atoms with Crippen molar-refractivity contribution >= 4 is 29.3 Å². The molecule has 0 fully saturated rings. The minimum Gasteiger partial charge on any atom is -0.345 e. The summed E-state index contributed by atoms with van der Waals surface area (Å²) in [6.07, 6.45) is 5.16. The molecule has 4 rings (SSSR count). The first-order valence-electron chi connectivity index (χ1n) is 11.1. The summed E-state index contributed by atoms with van der Waals surface area (Å²) < 4.78 is 2.09. The second-order valence-electron chi connectivity index (χ2n) is 8.08. The number of benzene rings is 3. The number of hydrogen-bond acceptors (Lipinski definition) is 3. The molecule has 1 amide bonds. The molecular formula is C28H24ClN3O3. The zero-order chi connectivity index (χ0) is 24.6. The van der Waals surface area contributed by atoms with Gasteiger partial charge in [-0.25, -0.2) is 0 Å². The van der Waals surface area contributed by atoms with Crippen molar-refractivity contribution in [1.82, 2.24) is 9.47 Å². The maximum absolute atomic E-state index is 13.2. The van der Waals surface area contributed by atoms with E-state index in [-0.39, 0.29) is 11.6 Å². The van der Waals surface area contributed by atoms with Gasteiger partial charge in [-0.3, -0.25) is 14.9 Å². The summed E-state index contributed by atoms with van der Waals surface area (Å²) in [4.78, 5) is 25.4. The van der Waals surface area contributed by atoms with E-state index in [4.69, 9.17) is 11.6 Å². The number of rotatable bonds is 9. The summed E-state index contributed by atoms with van der Waals surface area (Å²) in [5.41, 5.74) is 3.74. The Kier molecular flexibility index (Phi) is 7.75. The van der Waals surface area contributed by atoms with Crippen LogP contribution in [0, 0.1) is 10.1 Å². The molecule has 0 spiro atoms. The Morgan fingerprint density at radius 3 is 2.34 bits per heavy atom. The van der Waals surface area contributed by atoms with Crippen molar-refractivity contribution in [3.05, 3.63) is 141 Å². The lowest BCUT2D eigenvalue weighted by atomic mass is 10.1. The van der Waals surface area contributed by atoms with Crippen LogP contribution >= 0.6 is 11.6 Å².